The molecule has 0 unspecified atom stereocenters. The smallest absolute Gasteiger partial charge is 0.338 e. The third-order valence-corrected chi connectivity index (χ3v) is 8.24. The summed E-state index contributed by atoms with van der Waals surface area (Å²) in [7, 11) is 3.13. The summed E-state index contributed by atoms with van der Waals surface area (Å²) in [6, 6.07) is 10.9. The van der Waals surface area contributed by atoms with Crippen LogP contribution in [0.1, 0.15) is 49.4 Å². The number of thiazole rings is 1. The number of allylic oxidation sites excluding steroid dienone is 1. The third kappa shape index (κ3) is 4.98. The quantitative estimate of drug-likeness (QED) is 0.420. The lowest BCUT2D eigenvalue weighted by Crippen LogP contribution is -2.40. The lowest BCUT2D eigenvalue weighted by Gasteiger charge is -2.26. The molecule has 0 amide bonds. The predicted octanol–water partition coefficient (Wildman–Crippen LogP) is 3.72. The van der Waals surface area contributed by atoms with Gasteiger partial charge >= 0.3 is 5.97 Å². The van der Waals surface area contributed by atoms with Crippen molar-refractivity contribution in [1.29, 1.82) is 0 Å². The molecule has 0 spiro atoms. The fourth-order valence-corrected chi connectivity index (χ4v) is 6.31. The summed E-state index contributed by atoms with van der Waals surface area (Å²) in [5.74, 6) is 0.593. The molecular weight excluding hydrogens is 514 g/mol. The van der Waals surface area contributed by atoms with Gasteiger partial charge in [0.2, 0.25) is 0 Å². The zero-order valence-electron chi connectivity index (χ0n) is 22.9. The average molecular weight is 548 g/mol. The molecule has 1 fully saturated rings. The highest BCUT2D eigenvalue weighted by atomic mass is 32.1. The topological polar surface area (TPSA) is 82.4 Å². The minimum Gasteiger partial charge on any atom is -0.497 e. The van der Waals surface area contributed by atoms with E-state index in [1.165, 1.54) is 29.9 Å². The molecule has 0 saturated carbocycles. The molecule has 1 atom stereocenters. The third-order valence-electron chi connectivity index (χ3n) is 7.26. The molecule has 2 aliphatic rings. The average Bonchev–Trinajstić information content (AvgIpc) is 3.57. The molecule has 0 radical (unpaired) electrons. The monoisotopic (exact) mass is 547 g/mol. The van der Waals surface area contributed by atoms with E-state index in [4.69, 9.17) is 14.2 Å². The maximum Gasteiger partial charge on any atom is 0.338 e. The van der Waals surface area contributed by atoms with Gasteiger partial charge in [0.05, 0.1) is 36.6 Å². The molecule has 2 aliphatic heterocycles. The first kappa shape index (κ1) is 26.7. The van der Waals surface area contributed by atoms with Crippen LogP contribution in [-0.2, 0) is 9.53 Å². The summed E-state index contributed by atoms with van der Waals surface area (Å²) in [4.78, 5) is 34.8. The zero-order chi connectivity index (χ0) is 27.7. The van der Waals surface area contributed by atoms with Gasteiger partial charge in [-0.25, -0.2) is 9.79 Å². The van der Waals surface area contributed by atoms with Gasteiger partial charge in [0.15, 0.2) is 4.80 Å². The second-order valence-electron chi connectivity index (χ2n) is 9.65. The van der Waals surface area contributed by atoms with Gasteiger partial charge in [0.25, 0.3) is 5.56 Å². The van der Waals surface area contributed by atoms with Crippen molar-refractivity contribution in [2.75, 3.05) is 38.8 Å². The summed E-state index contributed by atoms with van der Waals surface area (Å²) < 4.78 is 18.7. The Morgan fingerprint density at radius 2 is 1.87 bits per heavy atom. The van der Waals surface area contributed by atoms with Gasteiger partial charge in [-0.2, -0.15) is 0 Å². The number of hydrogen-bond donors (Lipinski definition) is 0. The molecule has 9 heteroatoms. The number of esters is 1. The lowest BCUT2D eigenvalue weighted by atomic mass is 9.94. The second kappa shape index (κ2) is 11.1. The van der Waals surface area contributed by atoms with Crippen LogP contribution in [0.25, 0.3) is 6.08 Å². The lowest BCUT2D eigenvalue weighted by molar-refractivity contribution is -0.139. The Morgan fingerprint density at radius 1 is 1.10 bits per heavy atom. The molecular formula is C30H33N3O5S. The first-order chi connectivity index (χ1) is 18.9. The van der Waals surface area contributed by atoms with E-state index >= 15 is 0 Å². The summed E-state index contributed by atoms with van der Waals surface area (Å²) in [5.41, 5.74) is 4.47. The van der Waals surface area contributed by atoms with Crippen LogP contribution in [0.2, 0.25) is 0 Å². The molecule has 0 aliphatic carbocycles. The maximum atomic E-state index is 14.0. The van der Waals surface area contributed by atoms with Gasteiger partial charge in [0, 0.05) is 24.3 Å². The fourth-order valence-electron chi connectivity index (χ4n) is 5.27. The number of fused-ring (bicyclic) bond motifs is 1. The zero-order valence-corrected chi connectivity index (χ0v) is 23.8. The number of carbonyl (C=O) groups excluding carboxylic acids is 1. The molecule has 8 nitrogen and oxygen atoms in total. The number of rotatable bonds is 7. The first-order valence-electron chi connectivity index (χ1n) is 13.1. The molecule has 1 aromatic heterocycles. The number of aromatic nitrogens is 1. The highest BCUT2D eigenvalue weighted by Gasteiger charge is 2.35. The summed E-state index contributed by atoms with van der Waals surface area (Å²) in [6.45, 7) is 7.94. The van der Waals surface area contributed by atoms with Gasteiger partial charge in [-0.15, -0.1) is 0 Å². The van der Waals surface area contributed by atoms with Crippen molar-refractivity contribution in [2.24, 2.45) is 4.99 Å². The van der Waals surface area contributed by atoms with Crippen molar-refractivity contribution in [3.8, 4) is 11.5 Å². The number of anilines is 1. The van der Waals surface area contributed by atoms with E-state index in [-0.39, 0.29) is 12.2 Å². The van der Waals surface area contributed by atoms with Gasteiger partial charge < -0.3 is 19.1 Å². The molecule has 0 bridgehead atoms. The van der Waals surface area contributed by atoms with Crippen LogP contribution in [0.4, 0.5) is 5.69 Å². The minimum atomic E-state index is -0.786. The van der Waals surface area contributed by atoms with Crippen LogP contribution >= 0.6 is 11.3 Å². The SMILES string of the molecule is CCOC(=O)C1=C(C)N=c2s/c(=C/c3ccc(N4CCCC4)cc3C)c(=O)n2[C@H]1c1cc(OC)ccc1OC. The molecule has 2 aromatic carbocycles. The molecule has 1 saturated heterocycles. The Bertz CT molecular complexity index is 1630. The minimum absolute atomic E-state index is 0.203. The van der Waals surface area contributed by atoms with Crippen LogP contribution in [-0.4, -0.2) is 44.5 Å². The summed E-state index contributed by atoms with van der Waals surface area (Å²) in [6.07, 6.45) is 4.35. The number of carbonyl (C=O) groups is 1. The maximum absolute atomic E-state index is 14.0. The van der Waals surface area contributed by atoms with Gasteiger partial charge in [0.1, 0.15) is 17.5 Å². The molecule has 39 heavy (non-hydrogen) atoms. The molecule has 5 rings (SSSR count). The van der Waals surface area contributed by atoms with Crippen molar-refractivity contribution in [1.82, 2.24) is 4.57 Å². The number of ether oxygens (including phenoxy) is 3. The van der Waals surface area contributed by atoms with Gasteiger partial charge in [-0.3, -0.25) is 9.36 Å². The van der Waals surface area contributed by atoms with Gasteiger partial charge in [-0.1, -0.05) is 17.4 Å². The Hall–Kier alpha value is -3.85. The largest absolute Gasteiger partial charge is 0.497 e. The summed E-state index contributed by atoms with van der Waals surface area (Å²) >= 11 is 1.31. The van der Waals surface area contributed by atoms with E-state index in [9.17, 15) is 9.59 Å². The van der Waals surface area contributed by atoms with E-state index in [2.05, 4.69) is 35.0 Å². The fraction of sp³-hybridized carbons (Fsp3) is 0.367. The number of methoxy groups -OCH3 is 2. The van der Waals surface area contributed by atoms with Crippen molar-refractivity contribution in [3.63, 3.8) is 0 Å². The van der Waals surface area contributed by atoms with Gasteiger partial charge in [-0.05, 0) is 81.1 Å². The van der Waals surface area contributed by atoms with Crippen molar-refractivity contribution >= 4 is 29.1 Å². The predicted molar refractivity (Wildman–Crippen MR) is 153 cm³/mol. The van der Waals surface area contributed by atoms with Crippen molar-refractivity contribution < 1.29 is 19.0 Å². The second-order valence-corrected chi connectivity index (χ2v) is 10.7. The molecule has 0 N–H and O–H groups in total. The standard InChI is InChI=1S/C30H33N3O5S/c1-6-38-29(35)26-19(3)31-30-33(27(26)23-17-22(36-4)11-12-24(23)37-5)28(34)25(39-30)16-20-9-10-21(15-18(20)2)32-13-7-8-14-32/h9-12,15-17,27H,6-8,13-14H2,1-5H3/b25-16+/t27-/m0/s1. The van der Waals surface area contributed by atoms with Crippen LogP contribution < -0.4 is 29.3 Å². The molecule has 3 aromatic rings. The van der Waals surface area contributed by atoms with Crippen molar-refractivity contribution in [3.05, 3.63) is 84.0 Å². The summed E-state index contributed by atoms with van der Waals surface area (Å²) in [5, 5.41) is 0. The Balaban J connectivity index is 1.68. The van der Waals surface area contributed by atoms with E-state index in [0.717, 1.165) is 24.2 Å². The Morgan fingerprint density at radius 3 is 2.54 bits per heavy atom. The van der Waals surface area contributed by atoms with E-state index in [0.29, 0.717) is 37.7 Å². The Labute approximate surface area is 231 Å². The first-order valence-corrected chi connectivity index (χ1v) is 13.9. The van der Waals surface area contributed by atoms with E-state index < -0.39 is 12.0 Å². The van der Waals surface area contributed by atoms with E-state index in [1.807, 2.05) is 6.08 Å². The Kier molecular flexibility index (Phi) is 7.61. The molecule has 3 heterocycles. The highest BCUT2D eigenvalue weighted by molar-refractivity contribution is 7.07. The molecule has 204 valence electrons. The van der Waals surface area contributed by atoms with E-state index in [1.54, 1.807) is 50.8 Å². The van der Waals surface area contributed by atoms with Crippen molar-refractivity contribution in [2.45, 2.75) is 39.7 Å². The van der Waals surface area contributed by atoms with Crippen LogP contribution in [0.15, 0.2) is 57.5 Å². The van der Waals surface area contributed by atoms with Crippen LogP contribution in [0.3, 0.4) is 0 Å². The number of nitrogens with zero attached hydrogens (tertiary/aromatic N) is 3. The number of hydrogen-bond acceptors (Lipinski definition) is 8. The van der Waals surface area contributed by atoms with Crippen LogP contribution in [0, 0.1) is 6.92 Å². The number of aryl methyl sites for hydroxylation is 1. The van der Waals surface area contributed by atoms with Crippen LogP contribution in [0.5, 0.6) is 11.5 Å². The highest BCUT2D eigenvalue weighted by Crippen LogP contribution is 2.37. The normalized spacial score (nSPS) is 17.2. The number of benzene rings is 2.